The van der Waals surface area contributed by atoms with E-state index in [1.165, 1.54) is 39.4 Å². The molecule has 6 heteroatoms. The zero-order valence-corrected chi connectivity index (χ0v) is 23.7. The number of piperidine rings is 1. The van der Waals surface area contributed by atoms with E-state index in [1.54, 1.807) is 0 Å². The molecule has 0 spiro atoms. The molecule has 3 heterocycles. The number of aryl methyl sites for hydroxylation is 1. The van der Waals surface area contributed by atoms with Crippen LogP contribution in [0.1, 0.15) is 65.1 Å². The fourth-order valence-electron chi connectivity index (χ4n) is 6.56. The van der Waals surface area contributed by atoms with Crippen molar-refractivity contribution < 1.29 is 9.90 Å². The average Bonchev–Trinajstić information content (AvgIpc) is 3.52. The van der Waals surface area contributed by atoms with Crippen LogP contribution >= 0.6 is 11.3 Å². The van der Waals surface area contributed by atoms with E-state index >= 15 is 0 Å². The first-order valence-electron chi connectivity index (χ1n) is 14.1. The van der Waals surface area contributed by atoms with E-state index in [-0.39, 0.29) is 5.92 Å². The molecule has 2 aliphatic rings. The summed E-state index contributed by atoms with van der Waals surface area (Å²) in [6, 6.07) is 19.0. The topological polar surface area (TPSA) is 56.7 Å². The molecular weight excluding hydrogens is 490 g/mol. The highest BCUT2D eigenvalue weighted by Crippen LogP contribution is 2.38. The number of nitrogens with zero attached hydrogens (tertiary/aromatic N) is 3. The van der Waals surface area contributed by atoms with Crippen molar-refractivity contribution in [3.8, 4) is 0 Å². The Balaban J connectivity index is 1.22. The van der Waals surface area contributed by atoms with Crippen molar-refractivity contribution in [2.75, 3.05) is 32.7 Å². The highest BCUT2D eigenvalue weighted by atomic mass is 32.1. The molecule has 1 aromatic heterocycles. The number of aromatic nitrogens is 1. The van der Waals surface area contributed by atoms with Crippen LogP contribution in [0, 0.1) is 18.8 Å². The first-order chi connectivity index (χ1) is 18.4. The van der Waals surface area contributed by atoms with Crippen LogP contribution in [-0.4, -0.2) is 64.6 Å². The number of aliphatic carboxylic acids is 1. The largest absolute Gasteiger partial charge is 0.480 e. The van der Waals surface area contributed by atoms with Gasteiger partial charge in [-0.2, -0.15) is 0 Å². The van der Waals surface area contributed by atoms with E-state index in [0.717, 1.165) is 39.1 Å². The van der Waals surface area contributed by atoms with Crippen molar-refractivity contribution in [3.05, 3.63) is 87.4 Å². The Kier molecular flexibility index (Phi) is 8.61. The smallest absolute Gasteiger partial charge is 0.321 e. The van der Waals surface area contributed by atoms with Crippen LogP contribution in [0.3, 0.4) is 0 Å². The molecule has 2 fully saturated rings. The molecule has 2 saturated heterocycles. The zero-order valence-electron chi connectivity index (χ0n) is 22.9. The second-order valence-electron chi connectivity index (χ2n) is 11.7. The first kappa shape index (κ1) is 27.0. The number of likely N-dealkylation sites (tertiary alicyclic amines) is 2. The molecular formula is C32H41N3O2S. The highest BCUT2D eigenvalue weighted by molar-refractivity contribution is 7.11. The standard InChI is InChI=1S/C32H41N3O2S/c1-22(2)31(32(36)37)35-20-27(28(21-35)26-11-7-8-23(3)16-26)19-34-14-12-25(13-15-34)29-18-33-30(38-29)17-24-9-5-4-6-10-24/h4-11,16,18,22,25,27-28,31H,12-15,17,19-21H2,1-3H3,(H,36,37)/t27-,28+,31+/m0/s1. The Morgan fingerprint density at radius 1 is 1.08 bits per heavy atom. The minimum absolute atomic E-state index is 0.0892. The Bertz CT molecular complexity index is 1200. The number of hydrogen-bond acceptors (Lipinski definition) is 5. The lowest BCUT2D eigenvalue weighted by Gasteiger charge is -2.34. The van der Waals surface area contributed by atoms with Gasteiger partial charge in [0.2, 0.25) is 0 Å². The molecule has 0 amide bonds. The maximum absolute atomic E-state index is 12.1. The molecule has 5 rings (SSSR count). The monoisotopic (exact) mass is 531 g/mol. The van der Waals surface area contributed by atoms with Gasteiger partial charge in [0.15, 0.2) is 0 Å². The van der Waals surface area contributed by atoms with Crippen molar-refractivity contribution in [1.82, 2.24) is 14.8 Å². The van der Waals surface area contributed by atoms with Gasteiger partial charge in [0.25, 0.3) is 0 Å². The van der Waals surface area contributed by atoms with Gasteiger partial charge in [0.1, 0.15) is 6.04 Å². The van der Waals surface area contributed by atoms with Crippen molar-refractivity contribution >= 4 is 17.3 Å². The summed E-state index contributed by atoms with van der Waals surface area (Å²) in [5, 5.41) is 11.2. The third kappa shape index (κ3) is 6.36. The minimum atomic E-state index is -0.694. The normalized spacial score (nSPS) is 22.2. The summed E-state index contributed by atoms with van der Waals surface area (Å²) in [5.41, 5.74) is 3.95. The highest BCUT2D eigenvalue weighted by Gasteiger charge is 2.41. The summed E-state index contributed by atoms with van der Waals surface area (Å²) in [6.07, 6.45) is 5.37. The summed E-state index contributed by atoms with van der Waals surface area (Å²) in [7, 11) is 0. The van der Waals surface area contributed by atoms with Crippen LogP contribution in [0.15, 0.2) is 60.8 Å². The van der Waals surface area contributed by atoms with Crippen molar-refractivity contribution in [3.63, 3.8) is 0 Å². The molecule has 0 saturated carbocycles. The maximum Gasteiger partial charge on any atom is 0.321 e. The van der Waals surface area contributed by atoms with Crippen LogP contribution in [0.4, 0.5) is 0 Å². The van der Waals surface area contributed by atoms with E-state index in [2.05, 4.69) is 77.5 Å². The number of hydrogen-bond donors (Lipinski definition) is 1. The van der Waals surface area contributed by atoms with Crippen LogP contribution in [0.25, 0.3) is 0 Å². The molecule has 0 unspecified atom stereocenters. The fourth-order valence-corrected chi connectivity index (χ4v) is 7.68. The second-order valence-corrected chi connectivity index (χ2v) is 12.8. The van der Waals surface area contributed by atoms with Crippen LogP contribution < -0.4 is 0 Å². The SMILES string of the molecule is Cc1cccc([C@H]2CN([C@@H](C(=O)O)C(C)C)C[C@@H]2CN2CCC(c3cnc(Cc4ccccc4)s3)CC2)c1. The number of rotatable bonds is 9. The van der Waals surface area contributed by atoms with Gasteiger partial charge in [-0.25, -0.2) is 4.98 Å². The Hall–Kier alpha value is -2.54. The molecule has 38 heavy (non-hydrogen) atoms. The third-order valence-electron chi connectivity index (χ3n) is 8.47. The predicted octanol–water partition coefficient (Wildman–Crippen LogP) is 6.05. The van der Waals surface area contributed by atoms with Gasteiger partial charge in [-0.3, -0.25) is 9.69 Å². The van der Waals surface area contributed by atoms with Gasteiger partial charge in [-0.1, -0.05) is 74.0 Å². The predicted molar refractivity (Wildman–Crippen MR) is 155 cm³/mol. The van der Waals surface area contributed by atoms with Gasteiger partial charge >= 0.3 is 5.97 Å². The van der Waals surface area contributed by atoms with E-state index in [4.69, 9.17) is 4.98 Å². The summed E-state index contributed by atoms with van der Waals surface area (Å²) < 4.78 is 0. The summed E-state index contributed by atoms with van der Waals surface area (Å²) in [4.78, 5) is 23.2. The van der Waals surface area contributed by atoms with Gasteiger partial charge < -0.3 is 10.0 Å². The van der Waals surface area contributed by atoms with Crippen molar-refractivity contribution in [1.29, 1.82) is 0 Å². The molecule has 2 aromatic carbocycles. The number of carbonyl (C=O) groups is 1. The molecule has 3 atom stereocenters. The van der Waals surface area contributed by atoms with Crippen molar-refractivity contribution in [2.45, 2.75) is 57.9 Å². The average molecular weight is 532 g/mol. The Morgan fingerprint density at radius 2 is 1.84 bits per heavy atom. The molecule has 0 bridgehead atoms. The molecule has 1 N–H and O–H groups in total. The fraction of sp³-hybridized carbons (Fsp3) is 0.500. The molecule has 0 radical (unpaired) electrons. The lowest BCUT2D eigenvalue weighted by atomic mass is 9.87. The van der Waals surface area contributed by atoms with Crippen LogP contribution in [0.2, 0.25) is 0 Å². The van der Waals surface area contributed by atoms with Gasteiger partial charge in [-0.05, 0) is 61.7 Å². The zero-order chi connectivity index (χ0) is 26.6. The number of benzene rings is 2. The summed E-state index contributed by atoms with van der Waals surface area (Å²) in [5.74, 6) is 0.801. The van der Waals surface area contributed by atoms with Crippen LogP contribution in [0.5, 0.6) is 0 Å². The van der Waals surface area contributed by atoms with Gasteiger partial charge in [0.05, 0.1) is 5.01 Å². The second kappa shape index (κ2) is 12.1. The molecule has 5 nitrogen and oxygen atoms in total. The Morgan fingerprint density at radius 3 is 2.53 bits per heavy atom. The number of thiazole rings is 1. The molecule has 0 aliphatic carbocycles. The van der Waals surface area contributed by atoms with E-state index in [9.17, 15) is 9.90 Å². The quantitative estimate of drug-likeness (QED) is 0.364. The first-order valence-corrected chi connectivity index (χ1v) is 14.9. The van der Waals surface area contributed by atoms with E-state index in [0.29, 0.717) is 17.8 Å². The molecule has 3 aromatic rings. The van der Waals surface area contributed by atoms with E-state index in [1.807, 2.05) is 25.2 Å². The van der Waals surface area contributed by atoms with Gasteiger partial charge in [0, 0.05) is 43.0 Å². The lowest BCUT2D eigenvalue weighted by molar-refractivity contribution is -0.144. The summed E-state index contributed by atoms with van der Waals surface area (Å²) >= 11 is 1.88. The maximum atomic E-state index is 12.1. The molecule has 202 valence electrons. The number of carboxylic acid groups (broad SMARTS) is 1. The Labute approximate surface area is 231 Å². The number of carboxylic acids is 1. The van der Waals surface area contributed by atoms with Crippen LogP contribution in [-0.2, 0) is 11.2 Å². The third-order valence-corrected chi connectivity index (χ3v) is 9.63. The molecule has 2 aliphatic heterocycles. The minimum Gasteiger partial charge on any atom is -0.480 e. The summed E-state index contributed by atoms with van der Waals surface area (Å²) in [6.45, 7) is 11.1. The van der Waals surface area contributed by atoms with Gasteiger partial charge in [-0.15, -0.1) is 11.3 Å². The van der Waals surface area contributed by atoms with E-state index < -0.39 is 12.0 Å². The lowest BCUT2D eigenvalue weighted by Crippen LogP contribution is -2.44. The van der Waals surface area contributed by atoms with Crippen molar-refractivity contribution in [2.24, 2.45) is 11.8 Å².